The van der Waals surface area contributed by atoms with Gasteiger partial charge in [0.1, 0.15) is 5.75 Å². The first-order valence-electron chi connectivity index (χ1n) is 6.18. The lowest BCUT2D eigenvalue weighted by Gasteiger charge is -2.13. The predicted molar refractivity (Wildman–Crippen MR) is 66.8 cm³/mol. The Bertz CT molecular complexity index is 423. The molecule has 0 saturated carbocycles. The van der Waals surface area contributed by atoms with Crippen LogP contribution in [0.1, 0.15) is 30.9 Å². The Morgan fingerprint density at radius 2 is 2.41 bits per heavy atom. The van der Waals surface area contributed by atoms with Crippen molar-refractivity contribution in [2.75, 3.05) is 6.61 Å². The van der Waals surface area contributed by atoms with Gasteiger partial charge in [0.25, 0.3) is 0 Å². The van der Waals surface area contributed by atoms with Gasteiger partial charge in [0.2, 0.25) is 0 Å². The molecule has 17 heavy (non-hydrogen) atoms. The highest BCUT2D eigenvalue weighted by Gasteiger charge is 2.12. The van der Waals surface area contributed by atoms with Crippen LogP contribution in [0.3, 0.4) is 0 Å². The minimum Gasteiger partial charge on any atom is -0.493 e. The maximum Gasteiger partial charge on any atom is 0.122 e. The molecule has 0 aliphatic carbocycles. The fourth-order valence-electron chi connectivity index (χ4n) is 2.08. The van der Waals surface area contributed by atoms with Crippen molar-refractivity contribution in [2.24, 2.45) is 0 Å². The number of nitriles is 1. The minimum absolute atomic E-state index is 0.296. The third kappa shape index (κ3) is 2.98. The Morgan fingerprint density at radius 1 is 1.53 bits per heavy atom. The van der Waals surface area contributed by atoms with Gasteiger partial charge in [-0.05, 0) is 23.6 Å². The molecule has 0 radical (unpaired) electrons. The molecule has 1 aliphatic heterocycles. The van der Waals surface area contributed by atoms with Gasteiger partial charge in [0, 0.05) is 19.0 Å². The van der Waals surface area contributed by atoms with E-state index in [9.17, 15) is 0 Å². The van der Waals surface area contributed by atoms with Crippen LogP contribution in [0.25, 0.3) is 0 Å². The molecule has 1 aromatic carbocycles. The van der Waals surface area contributed by atoms with Crippen LogP contribution in [0.4, 0.5) is 0 Å². The number of hydrogen-bond acceptors (Lipinski definition) is 3. The van der Waals surface area contributed by atoms with E-state index in [0.717, 1.165) is 31.7 Å². The summed E-state index contributed by atoms with van der Waals surface area (Å²) in [5, 5.41) is 12.1. The summed E-state index contributed by atoms with van der Waals surface area (Å²) in [6.07, 6.45) is 2.57. The third-order valence-corrected chi connectivity index (χ3v) is 3.18. The van der Waals surface area contributed by atoms with Gasteiger partial charge in [-0.3, -0.25) is 0 Å². The molecular formula is C14H18N2O. The normalized spacial score (nSPS) is 14.8. The molecule has 1 aromatic rings. The molecule has 90 valence electrons. The van der Waals surface area contributed by atoms with E-state index in [-0.39, 0.29) is 0 Å². The quantitative estimate of drug-likeness (QED) is 0.844. The summed E-state index contributed by atoms with van der Waals surface area (Å²) in [5.41, 5.74) is 2.57. The van der Waals surface area contributed by atoms with Gasteiger partial charge >= 0.3 is 0 Å². The van der Waals surface area contributed by atoms with Crippen molar-refractivity contribution in [3.05, 3.63) is 29.3 Å². The van der Waals surface area contributed by atoms with Crippen molar-refractivity contribution in [1.82, 2.24) is 5.32 Å². The molecule has 0 saturated heterocycles. The molecule has 0 spiro atoms. The summed E-state index contributed by atoms with van der Waals surface area (Å²) in [6.45, 7) is 3.73. The van der Waals surface area contributed by atoms with Gasteiger partial charge in [-0.25, -0.2) is 0 Å². The fourth-order valence-corrected chi connectivity index (χ4v) is 2.08. The van der Waals surface area contributed by atoms with Gasteiger partial charge < -0.3 is 10.1 Å². The molecule has 1 unspecified atom stereocenters. The second kappa shape index (κ2) is 5.70. The monoisotopic (exact) mass is 230 g/mol. The molecule has 0 bridgehead atoms. The molecule has 0 fully saturated rings. The van der Waals surface area contributed by atoms with Crippen LogP contribution in [0.2, 0.25) is 0 Å². The smallest absolute Gasteiger partial charge is 0.122 e. The Balaban J connectivity index is 1.93. The van der Waals surface area contributed by atoms with Gasteiger partial charge in [0.05, 0.1) is 19.1 Å². The lowest BCUT2D eigenvalue weighted by Crippen LogP contribution is -2.27. The molecule has 2 rings (SSSR count). The summed E-state index contributed by atoms with van der Waals surface area (Å²) < 4.78 is 5.48. The summed E-state index contributed by atoms with van der Waals surface area (Å²) in [6, 6.07) is 8.85. The number of nitrogens with one attached hydrogen (secondary N) is 1. The largest absolute Gasteiger partial charge is 0.493 e. The second-order valence-electron chi connectivity index (χ2n) is 4.39. The van der Waals surface area contributed by atoms with Crippen molar-refractivity contribution in [3.8, 4) is 11.8 Å². The highest BCUT2D eigenvalue weighted by atomic mass is 16.5. The third-order valence-electron chi connectivity index (χ3n) is 3.18. The van der Waals surface area contributed by atoms with Crippen molar-refractivity contribution >= 4 is 0 Å². The highest BCUT2D eigenvalue weighted by molar-refractivity contribution is 5.39. The molecular weight excluding hydrogens is 212 g/mol. The van der Waals surface area contributed by atoms with Crippen molar-refractivity contribution < 1.29 is 4.74 Å². The predicted octanol–water partition coefficient (Wildman–Crippen LogP) is 2.40. The average Bonchev–Trinajstić information content (AvgIpc) is 2.81. The standard InChI is InChI=1S/C14H18N2O/c1-2-13(5-7-15)16-10-11-3-4-14-12(9-11)6-8-17-14/h3-4,9,13,16H,2,5-6,8,10H2,1H3. The van der Waals surface area contributed by atoms with Crippen LogP contribution < -0.4 is 10.1 Å². The van der Waals surface area contributed by atoms with E-state index in [4.69, 9.17) is 10.00 Å². The second-order valence-corrected chi connectivity index (χ2v) is 4.39. The van der Waals surface area contributed by atoms with Crippen LogP contribution in [0.5, 0.6) is 5.75 Å². The van der Waals surface area contributed by atoms with Gasteiger partial charge in [-0.15, -0.1) is 0 Å². The number of fused-ring (bicyclic) bond motifs is 1. The van der Waals surface area contributed by atoms with E-state index in [1.807, 2.05) is 6.07 Å². The maximum atomic E-state index is 8.69. The fraction of sp³-hybridized carbons (Fsp3) is 0.500. The van der Waals surface area contributed by atoms with E-state index < -0.39 is 0 Å². The zero-order valence-corrected chi connectivity index (χ0v) is 10.2. The molecule has 1 atom stereocenters. The van der Waals surface area contributed by atoms with Crippen molar-refractivity contribution in [2.45, 2.75) is 38.8 Å². The highest BCUT2D eigenvalue weighted by Crippen LogP contribution is 2.25. The molecule has 3 nitrogen and oxygen atoms in total. The SMILES string of the molecule is CCC(CC#N)NCc1ccc2c(c1)CCO2. The number of rotatable bonds is 5. The Labute approximate surface area is 102 Å². The first-order valence-corrected chi connectivity index (χ1v) is 6.18. The van der Waals surface area contributed by atoms with E-state index in [1.54, 1.807) is 0 Å². The zero-order chi connectivity index (χ0) is 12.1. The Kier molecular flexibility index (Phi) is 4.00. The molecule has 1 aliphatic rings. The number of nitrogens with zero attached hydrogens (tertiary/aromatic N) is 1. The topological polar surface area (TPSA) is 45.0 Å². The van der Waals surface area contributed by atoms with Crippen LogP contribution in [-0.4, -0.2) is 12.6 Å². The van der Waals surface area contributed by atoms with Gasteiger partial charge in [-0.1, -0.05) is 19.1 Å². The Morgan fingerprint density at radius 3 is 3.18 bits per heavy atom. The molecule has 1 heterocycles. The molecule has 3 heteroatoms. The van der Waals surface area contributed by atoms with Crippen molar-refractivity contribution in [3.63, 3.8) is 0 Å². The lowest BCUT2D eigenvalue weighted by atomic mass is 10.1. The Hall–Kier alpha value is -1.53. The van der Waals surface area contributed by atoms with E-state index in [2.05, 4.69) is 30.4 Å². The molecule has 0 amide bonds. The average molecular weight is 230 g/mol. The summed E-state index contributed by atoms with van der Waals surface area (Å²) in [7, 11) is 0. The number of benzene rings is 1. The van der Waals surface area contributed by atoms with Crippen molar-refractivity contribution in [1.29, 1.82) is 5.26 Å². The van der Waals surface area contributed by atoms with E-state index >= 15 is 0 Å². The lowest BCUT2D eigenvalue weighted by molar-refractivity contribution is 0.357. The number of ether oxygens (including phenoxy) is 1. The molecule has 0 aromatic heterocycles. The maximum absolute atomic E-state index is 8.69. The first-order chi connectivity index (χ1) is 8.33. The van der Waals surface area contributed by atoms with Gasteiger partial charge in [0.15, 0.2) is 0 Å². The van der Waals surface area contributed by atoms with Crippen LogP contribution in [-0.2, 0) is 13.0 Å². The van der Waals surface area contributed by atoms with Crippen LogP contribution in [0, 0.1) is 11.3 Å². The summed E-state index contributed by atoms with van der Waals surface area (Å²) >= 11 is 0. The van der Waals surface area contributed by atoms with Crippen LogP contribution >= 0.6 is 0 Å². The zero-order valence-electron chi connectivity index (χ0n) is 10.2. The minimum atomic E-state index is 0.296. The van der Waals surface area contributed by atoms with E-state index in [1.165, 1.54) is 11.1 Å². The number of hydrogen-bond donors (Lipinski definition) is 1. The summed E-state index contributed by atoms with van der Waals surface area (Å²) in [5.74, 6) is 1.03. The summed E-state index contributed by atoms with van der Waals surface area (Å²) in [4.78, 5) is 0. The first kappa shape index (κ1) is 11.9. The van der Waals surface area contributed by atoms with Crippen LogP contribution in [0.15, 0.2) is 18.2 Å². The van der Waals surface area contributed by atoms with E-state index in [0.29, 0.717) is 12.5 Å². The van der Waals surface area contributed by atoms with Gasteiger partial charge in [-0.2, -0.15) is 5.26 Å². The molecule has 1 N–H and O–H groups in total.